The molecule has 0 saturated heterocycles. The lowest BCUT2D eigenvalue weighted by Crippen LogP contribution is -2.62. The summed E-state index contributed by atoms with van der Waals surface area (Å²) >= 11 is 0. The predicted molar refractivity (Wildman–Crippen MR) is 151 cm³/mol. The van der Waals surface area contributed by atoms with E-state index < -0.39 is 57.5 Å². The molecule has 1 aliphatic heterocycles. The molecular formula is C31H35F6NO4S. The highest BCUT2D eigenvalue weighted by molar-refractivity contribution is 7.90. The Morgan fingerprint density at radius 3 is 2.00 bits per heavy atom. The Balaban J connectivity index is 1.68. The molecule has 1 unspecified atom stereocenters. The maximum absolute atomic E-state index is 15.3. The van der Waals surface area contributed by atoms with Crippen molar-refractivity contribution in [1.29, 1.82) is 0 Å². The number of carbonyl (C=O) groups is 1. The van der Waals surface area contributed by atoms with Crippen LogP contribution in [0.15, 0.2) is 54.6 Å². The molecule has 0 N–H and O–H groups in total. The molecule has 2 aromatic carbocycles. The minimum absolute atomic E-state index is 0.0290. The van der Waals surface area contributed by atoms with Gasteiger partial charge in [-0.15, -0.1) is 0 Å². The molecule has 0 radical (unpaired) electrons. The molecule has 0 bridgehead atoms. The summed E-state index contributed by atoms with van der Waals surface area (Å²) in [5, 5.41) is -1.07. The Hall–Kier alpha value is -3.02. The number of carbonyl (C=O) groups excluding carboxylic acids is 1. The normalized spacial score (nSPS) is 20.3. The van der Waals surface area contributed by atoms with E-state index in [9.17, 15) is 26.4 Å². The Bertz CT molecular complexity index is 1440. The lowest BCUT2D eigenvalue weighted by Gasteiger charge is -2.46. The van der Waals surface area contributed by atoms with Gasteiger partial charge in [0.2, 0.25) is 10.0 Å². The molecule has 1 saturated carbocycles. The second-order valence-electron chi connectivity index (χ2n) is 12.2. The van der Waals surface area contributed by atoms with Gasteiger partial charge in [-0.05, 0) is 71.9 Å². The van der Waals surface area contributed by atoms with Crippen LogP contribution in [-0.4, -0.2) is 42.8 Å². The monoisotopic (exact) mass is 631 g/mol. The van der Waals surface area contributed by atoms with Gasteiger partial charge in [0.25, 0.3) is 5.91 Å². The van der Waals surface area contributed by atoms with Crippen molar-refractivity contribution in [2.75, 3.05) is 6.61 Å². The summed E-state index contributed by atoms with van der Waals surface area (Å²) in [6.07, 6.45) is -9.32. The van der Waals surface area contributed by atoms with Gasteiger partial charge in [-0.3, -0.25) is 4.79 Å². The number of amides is 1. The van der Waals surface area contributed by atoms with E-state index in [2.05, 4.69) is 0 Å². The van der Waals surface area contributed by atoms with E-state index in [1.807, 2.05) is 20.8 Å². The van der Waals surface area contributed by atoms with E-state index >= 15 is 13.2 Å². The molecule has 2 aromatic rings. The predicted octanol–water partition coefficient (Wildman–Crippen LogP) is 8.05. The second-order valence-corrected chi connectivity index (χ2v) is 14.2. The summed E-state index contributed by atoms with van der Waals surface area (Å²) in [5.41, 5.74) is -2.48. The van der Waals surface area contributed by atoms with Crippen molar-refractivity contribution in [3.8, 4) is 5.75 Å². The number of unbranched alkanes of at least 4 members (excludes halogenated alkanes) is 2. The third-order valence-corrected chi connectivity index (χ3v) is 10.1. The minimum atomic E-state index is -5.18. The number of benzene rings is 2. The van der Waals surface area contributed by atoms with Gasteiger partial charge in [0, 0.05) is 18.9 Å². The highest BCUT2D eigenvalue weighted by Gasteiger charge is 2.67. The molecule has 0 spiro atoms. The minimum Gasteiger partial charge on any atom is -0.494 e. The van der Waals surface area contributed by atoms with Crippen molar-refractivity contribution in [3.63, 3.8) is 0 Å². The molecule has 0 aromatic heterocycles. The Kier molecular flexibility index (Phi) is 9.04. The van der Waals surface area contributed by atoms with Gasteiger partial charge < -0.3 is 4.74 Å². The average Bonchev–Trinajstić information content (AvgIpc) is 3.75. The summed E-state index contributed by atoms with van der Waals surface area (Å²) in [5.74, 6) is -1.09. The molecule has 43 heavy (non-hydrogen) atoms. The van der Waals surface area contributed by atoms with Crippen LogP contribution >= 0.6 is 0 Å². The standard InChI is InChI=1S/C31H35F6NO4S/c1-28(2,3)23-9-7-21(8-10-23)22-19-27(39)38(43(40,41)26-15-16-26)29(20-22,31(35,36)37)24-11-13-25(14-12-24)42-18-6-4-5-17-30(32,33)34/h7-14,19,26H,4-6,15-18,20H2,1-3H3. The van der Waals surface area contributed by atoms with Crippen molar-refractivity contribution in [3.05, 3.63) is 71.3 Å². The zero-order valence-corrected chi connectivity index (χ0v) is 25.0. The van der Waals surface area contributed by atoms with Crippen molar-refractivity contribution in [2.45, 2.75) is 94.3 Å². The van der Waals surface area contributed by atoms with E-state index in [0.29, 0.717) is 12.0 Å². The highest BCUT2D eigenvalue weighted by Crippen LogP contribution is 2.54. The molecule has 1 heterocycles. The quantitative estimate of drug-likeness (QED) is 0.197. The number of rotatable bonds is 10. The van der Waals surface area contributed by atoms with Crippen LogP contribution in [-0.2, 0) is 25.8 Å². The first-order valence-corrected chi connectivity index (χ1v) is 15.6. The zero-order chi connectivity index (χ0) is 31.8. The molecule has 4 rings (SSSR count). The van der Waals surface area contributed by atoms with Gasteiger partial charge in [-0.2, -0.15) is 26.3 Å². The largest absolute Gasteiger partial charge is 0.494 e. The lowest BCUT2D eigenvalue weighted by atomic mass is 9.78. The Labute approximate surface area is 248 Å². The number of nitrogens with zero attached hydrogens (tertiary/aromatic N) is 1. The number of hydrogen-bond acceptors (Lipinski definition) is 4. The van der Waals surface area contributed by atoms with Crippen LogP contribution in [0.3, 0.4) is 0 Å². The number of hydrogen-bond donors (Lipinski definition) is 0. The first-order chi connectivity index (χ1) is 19.9. The smallest absolute Gasteiger partial charge is 0.417 e. The van der Waals surface area contributed by atoms with Crippen LogP contribution < -0.4 is 4.74 Å². The van der Waals surface area contributed by atoms with Crippen LogP contribution in [0.1, 0.15) is 82.4 Å². The molecule has 1 atom stereocenters. The number of halogens is 6. The summed E-state index contributed by atoms with van der Waals surface area (Å²) in [7, 11) is -4.64. The fraction of sp³-hybridized carbons (Fsp3) is 0.516. The van der Waals surface area contributed by atoms with Crippen LogP contribution in [0.25, 0.3) is 5.57 Å². The van der Waals surface area contributed by atoms with Gasteiger partial charge in [-0.25, -0.2) is 12.7 Å². The van der Waals surface area contributed by atoms with Crippen molar-refractivity contribution >= 4 is 21.5 Å². The lowest BCUT2D eigenvalue weighted by molar-refractivity contribution is -0.221. The maximum Gasteiger partial charge on any atom is 0.417 e. The number of alkyl halides is 6. The molecule has 12 heteroatoms. The summed E-state index contributed by atoms with van der Waals surface area (Å²) < 4.78 is 115. The molecule has 1 amide bonds. The van der Waals surface area contributed by atoms with Crippen molar-refractivity contribution in [2.24, 2.45) is 0 Å². The van der Waals surface area contributed by atoms with Crippen LogP contribution in [0.5, 0.6) is 5.75 Å². The first kappa shape index (κ1) is 32.9. The van der Waals surface area contributed by atoms with Gasteiger partial charge >= 0.3 is 12.4 Å². The van der Waals surface area contributed by atoms with Crippen LogP contribution in [0.2, 0.25) is 0 Å². The van der Waals surface area contributed by atoms with Crippen LogP contribution in [0, 0.1) is 0 Å². The molecule has 2 aliphatic rings. The number of sulfonamides is 1. The maximum atomic E-state index is 15.3. The molecular weight excluding hydrogens is 596 g/mol. The van der Waals surface area contributed by atoms with Gasteiger partial charge in [0.15, 0.2) is 5.54 Å². The van der Waals surface area contributed by atoms with Gasteiger partial charge in [0.1, 0.15) is 5.75 Å². The van der Waals surface area contributed by atoms with Gasteiger partial charge in [0.05, 0.1) is 11.9 Å². The molecule has 1 aliphatic carbocycles. The van der Waals surface area contributed by atoms with Crippen LogP contribution in [0.4, 0.5) is 26.3 Å². The molecule has 5 nitrogen and oxygen atoms in total. The SMILES string of the molecule is CC(C)(C)c1ccc(C2=CC(=O)N(S(=O)(=O)C3CC3)C(c3ccc(OCCCCCC(F)(F)F)cc3)(C(F)(F)F)C2)cc1. The van der Waals surface area contributed by atoms with E-state index in [1.54, 1.807) is 24.3 Å². The van der Waals surface area contributed by atoms with Gasteiger partial charge in [-0.1, -0.05) is 57.2 Å². The second kappa shape index (κ2) is 11.8. The summed E-state index contributed by atoms with van der Waals surface area (Å²) in [6, 6.07) is 11.5. The Morgan fingerprint density at radius 2 is 1.49 bits per heavy atom. The van der Waals surface area contributed by atoms with E-state index in [1.165, 1.54) is 12.1 Å². The average molecular weight is 632 g/mol. The fourth-order valence-electron chi connectivity index (χ4n) is 5.24. The highest BCUT2D eigenvalue weighted by atomic mass is 32.2. The summed E-state index contributed by atoms with van der Waals surface area (Å²) in [6.45, 7) is 6.02. The van der Waals surface area contributed by atoms with E-state index in [4.69, 9.17) is 4.74 Å². The first-order valence-electron chi connectivity index (χ1n) is 14.1. The summed E-state index contributed by atoms with van der Waals surface area (Å²) in [4.78, 5) is 13.5. The third kappa shape index (κ3) is 7.21. The zero-order valence-electron chi connectivity index (χ0n) is 24.2. The Morgan fingerprint density at radius 1 is 0.884 bits per heavy atom. The van der Waals surface area contributed by atoms with E-state index in [0.717, 1.165) is 23.8 Å². The van der Waals surface area contributed by atoms with Crippen molar-refractivity contribution in [1.82, 2.24) is 4.31 Å². The molecule has 1 fully saturated rings. The molecule has 236 valence electrons. The fourth-order valence-corrected chi connectivity index (χ4v) is 7.28. The van der Waals surface area contributed by atoms with E-state index in [-0.39, 0.29) is 53.3 Å². The van der Waals surface area contributed by atoms with Crippen molar-refractivity contribution < 1.29 is 44.3 Å². The number of ether oxygens (including phenoxy) is 1. The third-order valence-electron chi connectivity index (χ3n) is 7.79. The topological polar surface area (TPSA) is 63.7 Å².